The number of carbonyl (C=O) groups excluding carboxylic acids is 1. The topological polar surface area (TPSA) is 98.2 Å². The first-order chi connectivity index (χ1) is 11.0. The van der Waals surface area contributed by atoms with Crippen LogP contribution < -0.4 is 10.5 Å². The number of rotatable bonds is 4. The number of hydrogen-bond acceptors (Lipinski definition) is 6. The van der Waals surface area contributed by atoms with E-state index < -0.39 is 5.97 Å². The fourth-order valence-electron chi connectivity index (χ4n) is 1.96. The molecule has 0 saturated heterocycles. The minimum absolute atomic E-state index is 0.0117. The minimum Gasteiger partial charge on any atom is -0.462 e. The number of anilines is 1. The second-order valence-electron chi connectivity index (χ2n) is 4.55. The molecule has 0 fully saturated rings. The van der Waals surface area contributed by atoms with Crippen LogP contribution in [0.5, 0.6) is 11.6 Å². The molecule has 1 aromatic heterocycles. The number of nitrogen functional groups attached to an aromatic ring is 1. The molecule has 0 atom stereocenters. The van der Waals surface area contributed by atoms with Crippen molar-refractivity contribution < 1.29 is 14.3 Å². The highest BCUT2D eigenvalue weighted by molar-refractivity contribution is 6.30. The summed E-state index contributed by atoms with van der Waals surface area (Å²) in [5.41, 5.74) is 6.31. The molecule has 1 aromatic carbocycles. The predicted molar refractivity (Wildman–Crippen MR) is 85.6 cm³/mol. The van der Waals surface area contributed by atoms with E-state index in [0.29, 0.717) is 16.5 Å². The van der Waals surface area contributed by atoms with E-state index in [2.05, 4.69) is 4.98 Å². The molecule has 2 aromatic rings. The number of aryl methyl sites for hydroxylation is 1. The van der Waals surface area contributed by atoms with Gasteiger partial charge in [-0.15, -0.1) is 0 Å². The zero-order valence-corrected chi connectivity index (χ0v) is 13.3. The fourth-order valence-corrected chi connectivity index (χ4v) is 2.08. The van der Waals surface area contributed by atoms with Crippen LogP contribution in [0.3, 0.4) is 0 Å². The van der Waals surface area contributed by atoms with Gasteiger partial charge in [0, 0.05) is 5.02 Å². The number of nitrogens with two attached hydrogens (primary N) is 1. The SMILES string of the molecule is CCOC(=O)c1c(C)nc(Oc2ccc(Cl)cc2)c(C#N)c1N. The van der Waals surface area contributed by atoms with Gasteiger partial charge in [0.15, 0.2) is 0 Å². The van der Waals surface area contributed by atoms with Crippen LogP contribution in [0.1, 0.15) is 28.5 Å². The molecule has 7 heteroatoms. The Morgan fingerprint density at radius 3 is 2.61 bits per heavy atom. The fraction of sp³-hybridized carbons (Fsp3) is 0.188. The van der Waals surface area contributed by atoms with Crippen molar-refractivity contribution in [3.63, 3.8) is 0 Å². The number of halogens is 1. The first-order valence-electron chi connectivity index (χ1n) is 6.78. The number of ether oxygens (including phenoxy) is 2. The van der Waals surface area contributed by atoms with E-state index in [4.69, 9.17) is 26.8 Å². The van der Waals surface area contributed by atoms with Crippen molar-refractivity contribution in [2.75, 3.05) is 12.3 Å². The van der Waals surface area contributed by atoms with Crippen LogP contribution in [0.2, 0.25) is 5.02 Å². The molecule has 0 bridgehead atoms. The quantitative estimate of drug-likeness (QED) is 0.861. The molecule has 1 heterocycles. The first-order valence-corrected chi connectivity index (χ1v) is 7.16. The van der Waals surface area contributed by atoms with Crippen molar-refractivity contribution in [3.8, 4) is 17.7 Å². The summed E-state index contributed by atoms with van der Waals surface area (Å²) in [6.45, 7) is 3.47. The van der Waals surface area contributed by atoms with Crippen LogP contribution in [0.15, 0.2) is 24.3 Å². The maximum Gasteiger partial charge on any atom is 0.342 e. The van der Waals surface area contributed by atoms with Gasteiger partial charge in [-0.25, -0.2) is 9.78 Å². The summed E-state index contributed by atoms with van der Waals surface area (Å²) in [5, 5.41) is 9.88. The molecule has 0 unspecified atom stereocenters. The van der Waals surface area contributed by atoms with E-state index >= 15 is 0 Å². The Kier molecular flexibility index (Phi) is 5.04. The minimum atomic E-state index is -0.621. The van der Waals surface area contributed by atoms with E-state index in [1.807, 2.05) is 6.07 Å². The Morgan fingerprint density at radius 1 is 1.39 bits per heavy atom. The molecular weight excluding hydrogens is 318 g/mol. The third-order valence-corrected chi connectivity index (χ3v) is 3.26. The smallest absolute Gasteiger partial charge is 0.342 e. The lowest BCUT2D eigenvalue weighted by Gasteiger charge is -2.13. The van der Waals surface area contributed by atoms with Gasteiger partial charge >= 0.3 is 5.97 Å². The number of nitriles is 1. The summed E-state index contributed by atoms with van der Waals surface area (Å²) in [5.74, 6) is -0.150. The molecule has 0 aliphatic rings. The van der Waals surface area contributed by atoms with Gasteiger partial charge < -0.3 is 15.2 Å². The predicted octanol–water partition coefficient (Wildman–Crippen LogP) is 3.47. The average molecular weight is 332 g/mol. The van der Waals surface area contributed by atoms with Crippen LogP contribution >= 0.6 is 11.6 Å². The van der Waals surface area contributed by atoms with Crippen LogP contribution in [0.4, 0.5) is 5.69 Å². The second-order valence-corrected chi connectivity index (χ2v) is 4.99. The van der Waals surface area contributed by atoms with Crippen LogP contribution in [0, 0.1) is 18.3 Å². The van der Waals surface area contributed by atoms with Gasteiger partial charge in [-0.05, 0) is 38.1 Å². The van der Waals surface area contributed by atoms with Crippen molar-refractivity contribution in [3.05, 3.63) is 46.1 Å². The van der Waals surface area contributed by atoms with Gasteiger partial charge in [0.25, 0.3) is 0 Å². The molecule has 2 N–H and O–H groups in total. The lowest BCUT2D eigenvalue weighted by Crippen LogP contribution is -2.13. The van der Waals surface area contributed by atoms with E-state index in [9.17, 15) is 10.1 Å². The first kappa shape index (κ1) is 16.6. The molecule has 2 rings (SSSR count). The molecule has 0 aliphatic carbocycles. The highest BCUT2D eigenvalue weighted by Crippen LogP contribution is 2.31. The number of aromatic nitrogens is 1. The lowest BCUT2D eigenvalue weighted by atomic mass is 10.1. The maximum absolute atomic E-state index is 12.0. The van der Waals surface area contributed by atoms with Gasteiger partial charge in [-0.1, -0.05) is 11.6 Å². The summed E-state index contributed by atoms with van der Waals surface area (Å²) in [4.78, 5) is 16.1. The van der Waals surface area contributed by atoms with E-state index in [-0.39, 0.29) is 29.3 Å². The van der Waals surface area contributed by atoms with E-state index in [1.165, 1.54) is 0 Å². The molecule has 6 nitrogen and oxygen atoms in total. The number of nitrogens with zero attached hydrogens (tertiary/aromatic N) is 2. The largest absolute Gasteiger partial charge is 0.462 e. The summed E-state index contributed by atoms with van der Waals surface area (Å²) >= 11 is 5.81. The van der Waals surface area contributed by atoms with Crippen LogP contribution in [0.25, 0.3) is 0 Å². The monoisotopic (exact) mass is 331 g/mol. The molecule has 23 heavy (non-hydrogen) atoms. The Morgan fingerprint density at radius 2 is 2.04 bits per heavy atom. The second kappa shape index (κ2) is 6.99. The standard InChI is InChI=1S/C16H14ClN3O3/c1-3-22-16(21)13-9(2)20-15(12(8-18)14(13)19)23-11-6-4-10(17)5-7-11/h4-7H,3H2,1-2H3,(H2,19,20). The average Bonchev–Trinajstić information content (AvgIpc) is 2.50. The summed E-state index contributed by atoms with van der Waals surface area (Å²) in [7, 11) is 0. The van der Waals surface area contributed by atoms with Gasteiger partial charge in [0.2, 0.25) is 5.88 Å². The molecule has 118 valence electrons. The van der Waals surface area contributed by atoms with Crippen molar-refractivity contribution in [2.24, 2.45) is 0 Å². The van der Waals surface area contributed by atoms with Gasteiger partial charge in [0.1, 0.15) is 22.9 Å². The zero-order chi connectivity index (χ0) is 17.0. The van der Waals surface area contributed by atoms with Crippen molar-refractivity contribution in [1.82, 2.24) is 4.98 Å². The molecule has 0 saturated carbocycles. The number of hydrogen-bond donors (Lipinski definition) is 1. The maximum atomic E-state index is 12.0. The Bertz CT molecular complexity index is 783. The number of carbonyl (C=O) groups is 1. The van der Waals surface area contributed by atoms with Crippen LogP contribution in [-0.4, -0.2) is 17.6 Å². The molecule has 0 aliphatic heterocycles. The number of esters is 1. The van der Waals surface area contributed by atoms with Crippen molar-refractivity contribution >= 4 is 23.3 Å². The zero-order valence-electron chi connectivity index (χ0n) is 12.6. The van der Waals surface area contributed by atoms with Crippen LogP contribution in [-0.2, 0) is 4.74 Å². The Balaban J connectivity index is 2.47. The highest BCUT2D eigenvalue weighted by Gasteiger charge is 2.23. The summed E-state index contributed by atoms with van der Waals surface area (Å²) < 4.78 is 10.5. The van der Waals surface area contributed by atoms with Gasteiger partial charge in [0.05, 0.1) is 18.0 Å². The molecule has 0 amide bonds. The number of benzene rings is 1. The molecule has 0 spiro atoms. The van der Waals surface area contributed by atoms with Crippen molar-refractivity contribution in [2.45, 2.75) is 13.8 Å². The highest BCUT2D eigenvalue weighted by atomic mass is 35.5. The van der Waals surface area contributed by atoms with E-state index in [1.54, 1.807) is 38.1 Å². The summed E-state index contributed by atoms with van der Waals surface area (Å²) in [6.07, 6.45) is 0. The Hall–Kier alpha value is -2.78. The van der Waals surface area contributed by atoms with Crippen molar-refractivity contribution in [1.29, 1.82) is 5.26 Å². The Labute approximate surface area is 138 Å². The normalized spacial score (nSPS) is 10.0. The third-order valence-electron chi connectivity index (χ3n) is 3.00. The van der Waals surface area contributed by atoms with E-state index in [0.717, 1.165) is 0 Å². The van der Waals surface area contributed by atoms with Gasteiger partial charge in [-0.3, -0.25) is 0 Å². The third kappa shape index (κ3) is 3.52. The molecule has 0 radical (unpaired) electrons. The number of pyridine rings is 1. The molecular formula is C16H14ClN3O3. The summed E-state index contributed by atoms with van der Waals surface area (Å²) in [6, 6.07) is 8.47. The lowest BCUT2D eigenvalue weighted by molar-refractivity contribution is 0.0526. The van der Waals surface area contributed by atoms with Gasteiger partial charge in [-0.2, -0.15) is 5.26 Å².